The number of amides is 1. The van der Waals surface area contributed by atoms with E-state index in [1.165, 1.54) is 0 Å². The maximum Gasteiger partial charge on any atom is 0.262 e. The Balaban J connectivity index is 1.52. The molecule has 0 aliphatic carbocycles. The highest BCUT2D eigenvalue weighted by molar-refractivity contribution is 5.82. The van der Waals surface area contributed by atoms with E-state index in [0.717, 1.165) is 29.7 Å². The predicted octanol–water partition coefficient (Wildman–Crippen LogP) is 2.67. The molecule has 0 saturated carbocycles. The molecule has 0 aromatic heterocycles. The number of nitrogens with zero attached hydrogens (tertiary/aromatic N) is 1. The second kappa shape index (κ2) is 6.67. The maximum atomic E-state index is 13.2. The van der Waals surface area contributed by atoms with Gasteiger partial charge in [-0.25, -0.2) is 8.78 Å². The monoisotopic (exact) mass is 338 g/mol. The molecule has 3 rings (SSSR count). The van der Waals surface area contributed by atoms with E-state index >= 15 is 0 Å². The zero-order chi connectivity index (χ0) is 17.3. The Morgan fingerprint density at radius 1 is 1.29 bits per heavy atom. The summed E-state index contributed by atoms with van der Waals surface area (Å²) in [4.78, 5) is 14.0. The van der Waals surface area contributed by atoms with Crippen molar-refractivity contribution in [3.63, 3.8) is 0 Å². The number of rotatable bonds is 3. The summed E-state index contributed by atoms with van der Waals surface area (Å²) >= 11 is 0. The molecule has 24 heavy (non-hydrogen) atoms. The van der Waals surface area contributed by atoms with Crippen molar-refractivity contribution in [2.75, 3.05) is 19.6 Å². The summed E-state index contributed by atoms with van der Waals surface area (Å²) in [5, 5.41) is 2.64. The van der Waals surface area contributed by atoms with Gasteiger partial charge in [-0.3, -0.25) is 10.1 Å². The van der Waals surface area contributed by atoms with Crippen LogP contribution in [0.3, 0.4) is 0 Å². The summed E-state index contributed by atoms with van der Waals surface area (Å²) in [7, 11) is 0. The molecule has 1 aromatic carbocycles. The average Bonchev–Trinajstić information content (AvgIpc) is 2.91. The van der Waals surface area contributed by atoms with E-state index in [1.807, 2.05) is 32.0 Å². The first-order valence-corrected chi connectivity index (χ1v) is 8.48. The van der Waals surface area contributed by atoms with Crippen molar-refractivity contribution in [3.05, 3.63) is 29.3 Å². The number of halogens is 2. The van der Waals surface area contributed by atoms with E-state index in [-0.39, 0.29) is 12.0 Å². The Kier molecular flexibility index (Phi) is 4.76. The molecule has 0 bridgehead atoms. The third-order valence-corrected chi connectivity index (χ3v) is 4.80. The number of ether oxygens (including phenoxy) is 1. The van der Waals surface area contributed by atoms with Gasteiger partial charge in [0.05, 0.1) is 12.6 Å². The van der Waals surface area contributed by atoms with Crippen molar-refractivity contribution >= 4 is 5.91 Å². The molecule has 2 aliphatic rings. The van der Waals surface area contributed by atoms with Crippen LogP contribution in [-0.2, 0) is 4.79 Å². The molecule has 132 valence electrons. The number of piperidine rings is 1. The summed E-state index contributed by atoms with van der Waals surface area (Å²) in [5.41, 5.74) is 2.24. The molecular formula is C18H24F2N2O2. The molecule has 1 N–H and O–H groups in total. The zero-order valence-electron chi connectivity index (χ0n) is 14.1. The van der Waals surface area contributed by atoms with Crippen molar-refractivity contribution in [3.8, 4) is 5.75 Å². The molecule has 2 aliphatic heterocycles. The normalized spacial score (nSPS) is 24.2. The maximum absolute atomic E-state index is 13.2. The molecule has 1 amide bonds. The lowest BCUT2D eigenvalue weighted by atomic mass is 10.1. The minimum absolute atomic E-state index is 0.0625. The van der Waals surface area contributed by atoms with Gasteiger partial charge in [0.1, 0.15) is 11.9 Å². The smallest absolute Gasteiger partial charge is 0.262 e. The van der Waals surface area contributed by atoms with Gasteiger partial charge in [0.15, 0.2) is 0 Å². The second-order valence-electron chi connectivity index (χ2n) is 6.91. The number of alkyl halides is 2. The van der Waals surface area contributed by atoms with E-state index < -0.39 is 24.9 Å². The summed E-state index contributed by atoms with van der Waals surface area (Å²) in [6.45, 7) is 4.74. The Morgan fingerprint density at radius 3 is 2.62 bits per heavy atom. The first kappa shape index (κ1) is 17.1. The van der Waals surface area contributed by atoms with Gasteiger partial charge in [-0.15, -0.1) is 0 Å². The van der Waals surface area contributed by atoms with Crippen LogP contribution in [0.2, 0.25) is 0 Å². The SMILES string of the molecule is Cc1ccc(C)c(OC2CCN(C(=O)C3CC(F)(F)CN3)CC2)c1. The first-order chi connectivity index (χ1) is 11.3. The standard InChI is InChI=1S/C18H24F2N2O2/c1-12-3-4-13(2)16(9-12)24-14-5-7-22(8-6-14)17(23)15-10-18(19,20)11-21-15/h3-4,9,14-15,21H,5-8,10-11H2,1-2H3. The van der Waals surface area contributed by atoms with E-state index in [1.54, 1.807) is 4.90 Å². The fourth-order valence-corrected chi connectivity index (χ4v) is 3.32. The quantitative estimate of drug-likeness (QED) is 0.921. The van der Waals surface area contributed by atoms with E-state index in [2.05, 4.69) is 5.32 Å². The van der Waals surface area contributed by atoms with Crippen molar-refractivity contribution in [1.29, 1.82) is 0 Å². The third kappa shape index (κ3) is 3.86. The Labute approximate surface area is 141 Å². The molecule has 1 aromatic rings. The Bertz CT molecular complexity index is 613. The molecule has 2 fully saturated rings. The van der Waals surface area contributed by atoms with E-state index in [4.69, 9.17) is 4.74 Å². The molecule has 2 saturated heterocycles. The van der Waals surface area contributed by atoms with Gasteiger partial charge < -0.3 is 9.64 Å². The molecule has 1 atom stereocenters. The van der Waals surface area contributed by atoms with Gasteiger partial charge in [-0.05, 0) is 31.0 Å². The number of nitrogens with one attached hydrogen (secondary N) is 1. The number of carbonyl (C=O) groups excluding carboxylic acids is 1. The van der Waals surface area contributed by atoms with Crippen LogP contribution in [0, 0.1) is 13.8 Å². The number of likely N-dealkylation sites (tertiary alicyclic amines) is 1. The Morgan fingerprint density at radius 2 is 2.00 bits per heavy atom. The van der Waals surface area contributed by atoms with Crippen LogP contribution in [0.15, 0.2) is 18.2 Å². The highest BCUT2D eigenvalue weighted by Crippen LogP contribution is 2.28. The lowest BCUT2D eigenvalue weighted by molar-refractivity contribution is -0.135. The summed E-state index contributed by atoms with van der Waals surface area (Å²) in [6, 6.07) is 5.36. The average molecular weight is 338 g/mol. The molecule has 1 unspecified atom stereocenters. The number of benzene rings is 1. The van der Waals surface area contributed by atoms with Crippen molar-refractivity contribution < 1.29 is 18.3 Å². The number of carbonyl (C=O) groups is 1. The lowest BCUT2D eigenvalue weighted by Crippen LogP contribution is -2.48. The number of aryl methyl sites for hydroxylation is 2. The van der Waals surface area contributed by atoms with Crippen molar-refractivity contribution in [1.82, 2.24) is 10.2 Å². The van der Waals surface area contributed by atoms with Gasteiger partial charge in [0.25, 0.3) is 5.92 Å². The molecule has 6 heteroatoms. The minimum atomic E-state index is -2.77. The van der Waals surface area contributed by atoms with Crippen LogP contribution < -0.4 is 10.1 Å². The summed E-state index contributed by atoms with van der Waals surface area (Å²) in [5.74, 6) is -2.10. The fraction of sp³-hybridized carbons (Fsp3) is 0.611. The number of hydrogen-bond donors (Lipinski definition) is 1. The molecular weight excluding hydrogens is 314 g/mol. The van der Waals surface area contributed by atoms with Crippen molar-refractivity contribution in [2.45, 2.75) is 51.2 Å². The Hall–Kier alpha value is -1.69. The van der Waals surface area contributed by atoms with E-state index in [0.29, 0.717) is 13.1 Å². The number of hydrogen-bond acceptors (Lipinski definition) is 3. The summed E-state index contributed by atoms with van der Waals surface area (Å²) in [6.07, 6.45) is 1.11. The molecule has 0 spiro atoms. The predicted molar refractivity (Wildman–Crippen MR) is 87.5 cm³/mol. The highest BCUT2D eigenvalue weighted by atomic mass is 19.3. The van der Waals surface area contributed by atoms with Crippen LogP contribution in [0.25, 0.3) is 0 Å². The second-order valence-corrected chi connectivity index (χ2v) is 6.91. The fourth-order valence-electron chi connectivity index (χ4n) is 3.32. The lowest BCUT2D eigenvalue weighted by Gasteiger charge is -2.34. The van der Waals surface area contributed by atoms with Gasteiger partial charge in [0.2, 0.25) is 5.91 Å². The van der Waals surface area contributed by atoms with Crippen molar-refractivity contribution in [2.24, 2.45) is 0 Å². The van der Waals surface area contributed by atoms with Crippen LogP contribution in [0.5, 0.6) is 5.75 Å². The van der Waals surface area contributed by atoms with Gasteiger partial charge in [-0.1, -0.05) is 12.1 Å². The van der Waals surface area contributed by atoms with Gasteiger partial charge in [-0.2, -0.15) is 0 Å². The molecule has 2 heterocycles. The topological polar surface area (TPSA) is 41.6 Å². The third-order valence-electron chi connectivity index (χ3n) is 4.80. The van der Waals surface area contributed by atoms with Crippen LogP contribution in [-0.4, -0.2) is 48.5 Å². The van der Waals surface area contributed by atoms with Crippen LogP contribution in [0.4, 0.5) is 8.78 Å². The molecule has 0 radical (unpaired) electrons. The first-order valence-electron chi connectivity index (χ1n) is 8.48. The zero-order valence-corrected chi connectivity index (χ0v) is 14.1. The summed E-state index contributed by atoms with van der Waals surface area (Å²) < 4.78 is 32.6. The van der Waals surface area contributed by atoms with Crippen LogP contribution in [0.1, 0.15) is 30.4 Å². The van der Waals surface area contributed by atoms with Crippen LogP contribution >= 0.6 is 0 Å². The molecule has 4 nitrogen and oxygen atoms in total. The largest absolute Gasteiger partial charge is 0.490 e. The van der Waals surface area contributed by atoms with Gasteiger partial charge in [0, 0.05) is 32.4 Å². The highest BCUT2D eigenvalue weighted by Gasteiger charge is 2.43. The van der Waals surface area contributed by atoms with Gasteiger partial charge >= 0.3 is 0 Å². The minimum Gasteiger partial charge on any atom is -0.490 e. The van der Waals surface area contributed by atoms with E-state index in [9.17, 15) is 13.6 Å².